The molecule has 1 aromatic rings. The molecule has 0 fully saturated rings. The molecule has 1 amide bonds. The molecule has 1 aliphatic rings. The first-order chi connectivity index (χ1) is 8.28. The van der Waals surface area contributed by atoms with Gasteiger partial charge in [-0.1, -0.05) is 0 Å². The summed E-state index contributed by atoms with van der Waals surface area (Å²) in [5, 5.41) is 0. The largest absolute Gasteiger partial charge is 0.444 e. The van der Waals surface area contributed by atoms with E-state index in [4.69, 9.17) is 4.74 Å². The summed E-state index contributed by atoms with van der Waals surface area (Å²) < 4.78 is 6.30. The SMILES string of the molecule is CC1c2nc(Br)sc2CCN1C(=O)OC(C)(C)C. The Morgan fingerprint density at radius 1 is 1.56 bits per heavy atom. The predicted octanol–water partition coefficient (Wildman–Crippen LogP) is 3.76. The van der Waals surface area contributed by atoms with E-state index in [1.165, 1.54) is 4.88 Å². The highest BCUT2D eigenvalue weighted by Gasteiger charge is 2.33. The molecule has 1 aromatic heterocycles. The minimum Gasteiger partial charge on any atom is -0.444 e. The van der Waals surface area contributed by atoms with Crippen LogP contribution in [0.5, 0.6) is 0 Å². The van der Waals surface area contributed by atoms with Crippen molar-refractivity contribution in [2.45, 2.75) is 45.8 Å². The minimum absolute atomic E-state index is 0.0221. The smallest absolute Gasteiger partial charge is 0.410 e. The molecule has 2 rings (SSSR count). The zero-order valence-electron chi connectivity index (χ0n) is 11.0. The molecule has 0 N–H and O–H groups in total. The molecular weight excluding hydrogens is 316 g/mol. The van der Waals surface area contributed by atoms with E-state index in [-0.39, 0.29) is 12.1 Å². The van der Waals surface area contributed by atoms with Crippen molar-refractivity contribution in [1.29, 1.82) is 0 Å². The predicted molar refractivity (Wildman–Crippen MR) is 74.9 cm³/mol. The maximum Gasteiger partial charge on any atom is 0.410 e. The Bertz CT molecular complexity index is 467. The van der Waals surface area contributed by atoms with Crippen LogP contribution in [0, 0.1) is 0 Å². The summed E-state index contributed by atoms with van der Waals surface area (Å²) in [5.41, 5.74) is 0.531. The zero-order chi connectivity index (χ0) is 13.5. The van der Waals surface area contributed by atoms with Crippen LogP contribution in [-0.2, 0) is 11.2 Å². The summed E-state index contributed by atoms with van der Waals surface area (Å²) in [6, 6.07) is -0.0221. The van der Waals surface area contributed by atoms with Crippen molar-refractivity contribution in [3.63, 3.8) is 0 Å². The van der Waals surface area contributed by atoms with Gasteiger partial charge in [-0.2, -0.15) is 0 Å². The fourth-order valence-electron chi connectivity index (χ4n) is 1.97. The molecular formula is C12H17BrN2O2S. The minimum atomic E-state index is -0.459. The van der Waals surface area contributed by atoms with Crippen molar-refractivity contribution in [3.05, 3.63) is 14.5 Å². The van der Waals surface area contributed by atoms with Crippen molar-refractivity contribution >= 4 is 33.4 Å². The van der Waals surface area contributed by atoms with Crippen LogP contribution in [0.25, 0.3) is 0 Å². The quantitative estimate of drug-likeness (QED) is 0.726. The van der Waals surface area contributed by atoms with Crippen LogP contribution in [0.2, 0.25) is 0 Å². The lowest BCUT2D eigenvalue weighted by Crippen LogP contribution is -2.41. The van der Waals surface area contributed by atoms with Crippen LogP contribution in [-0.4, -0.2) is 28.1 Å². The van der Waals surface area contributed by atoms with Gasteiger partial charge in [0.15, 0.2) is 3.92 Å². The van der Waals surface area contributed by atoms with Gasteiger partial charge < -0.3 is 4.74 Å². The van der Waals surface area contributed by atoms with Crippen molar-refractivity contribution in [2.24, 2.45) is 0 Å². The molecule has 1 unspecified atom stereocenters. The second-order valence-corrected chi connectivity index (χ2v) is 7.73. The van der Waals surface area contributed by atoms with Crippen LogP contribution in [0.1, 0.15) is 44.3 Å². The molecule has 100 valence electrons. The molecule has 0 aliphatic carbocycles. The molecule has 1 atom stereocenters. The Hall–Kier alpha value is -0.620. The molecule has 4 nitrogen and oxygen atoms in total. The molecule has 0 aromatic carbocycles. The average Bonchev–Trinajstić information content (AvgIpc) is 2.57. The van der Waals surface area contributed by atoms with E-state index in [0.717, 1.165) is 16.0 Å². The fraction of sp³-hybridized carbons (Fsp3) is 0.667. The monoisotopic (exact) mass is 332 g/mol. The van der Waals surface area contributed by atoms with Gasteiger partial charge in [0, 0.05) is 17.8 Å². The number of nitrogens with zero attached hydrogens (tertiary/aromatic N) is 2. The van der Waals surface area contributed by atoms with E-state index in [0.29, 0.717) is 6.54 Å². The van der Waals surface area contributed by atoms with E-state index < -0.39 is 5.60 Å². The molecule has 0 radical (unpaired) electrons. The summed E-state index contributed by atoms with van der Waals surface area (Å²) in [4.78, 5) is 19.6. The van der Waals surface area contributed by atoms with Gasteiger partial charge in [0.1, 0.15) is 5.60 Å². The Morgan fingerprint density at radius 2 is 2.22 bits per heavy atom. The number of rotatable bonds is 0. The Morgan fingerprint density at radius 3 is 2.83 bits per heavy atom. The van der Waals surface area contributed by atoms with Gasteiger partial charge in [0.05, 0.1) is 11.7 Å². The number of thiazole rings is 1. The summed E-state index contributed by atoms with van der Waals surface area (Å²) in [6.45, 7) is 8.32. The summed E-state index contributed by atoms with van der Waals surface area (Å²) in [7, 11) is 0. The van der Waals surface area contributed by atoms with Crippen molar-refractivity contribution in [1.82, 2.24) is 9.88 Å². The topological polar surface area (TPSA) is 42.4 Å². The number of fused-ring (bicyclic) bond motifs is 1. The zero-order valence-corrected chi connectivity index (χ0v) is 13.4. The Labute approximate surface area is 119 Å². The number of ether oxygens (including phenoxy) is 1. The molecule has 0 saturated carbocycles. The number of amides is 1. The van der Waals surface area contributed by atoms with Crippen LogP contribution >= 0.6 is 27.3 Å². The third-order valence-corrected chi connectivity index (χ3v) is 4.35. The van der Waals surface area contributed by atoms with E-state index in [1.807, 2.05) is 27.7 Å². The summed E-state index contributed by atoms with van der Waals surface area (Å²) in [5.74, 6) is 0. The van der Waals surface area contributed by atoms with Crippen LogP contribution in [0.3, 0.4) is 0 Å². The van der Waals surface area contributed by atoms with Gasteiger partial charge >= 0.3 is 6.09 Å². The third kappa shape index (κ3) is 2.85. The number of aromatic nitrogens is 1. The van der Waals surface area contributed by atoms with Crippen molar-refractivity contribution in [3.8, 4) is 0 Å². The lowest BCUT2D eigenvalue weighted by Gasteiger charge is -2.34. The highest BCUT2D eigenvalue weighted by Crippen LogP contribution is 2.35. The Balaban J connectivity index is 2.16. The fourth-order valence-corrected chi connectivity index (χ4v) is 3.61. The molecule has 2 heterocycles. The van der Waals surface area contributed by atoms with Gasteiger partial charge in [0.2, 0.25) is 0 Å². The maximum atomic E-state index is 12.1. The lowest BCUT2D eigenvalue weighted by atomic mass is 10.1. The van der Waals surface area contributed by atoms with E-state index in [2.05, 4.69) is 20.9 Å². The first kappa shape index (κ1) is 13.8. The van der Waals surface area contributed by atoms with E-state index in [9.17, 15) is 4.79 Å². The van der Waals surface area contributed by atoms with Crippen molar-refractivity contribution in [2.75, 3.05) is 6.54 Å². The molecule has 6 heteroatoms. The van der Waals surface area contributed by atoms with E-state index in [1.54, 1.807) is 16.2 Å². The first-order valence-electron chi connectivity index (χ1n) is 5.92. The molecule has 1 aliphatic heterocycles. The highest BCUT2D eigenvalue weighted by atomic mass is 79.9. The summed E-state index contributed by atoms with van der Waals surface area (Å²) >= 11 is 5.05. The molecule has 18 heavy (non-hydrogen) atoms. The third-order valence-electron chi connectivity index (χ3n) is 2.77. The average molecular weight is 333 g/mol. The highest BCUT2D eigenvalue weighted by molar-refractivity contribution is 9.11. The second-order valence-electron chi connectivity index (χ2n) is 5.37. The van der Waals surface area contributed by atoms with Gasteiger partial charge in [-0.3, -0.25) is 4.90 Å². The van der Waals surface area contributed by atoms with Gasteiger partial charge in [-0.15, -0.1) is 11.3 Å². The lowest BCUT2D eigenvalue weighted by molar-refractivity contribution is 0.0157. The van der Waals surface area contributed by atoms with Crippen LogP contribution in [0.15, 0.2) is 3.92 Å². The number of halogens is 1. The van der Waals surface area contributed by atoms with E-state index >= 15 is 0 Å². The number of hydrogen-bond acceptors (Lipinski definition) is 4. The second kappa shape index (κ2) is 4.81. The molecule has 0 bridgehead atoms. The molecule has 0 spiro atoms. The van der Waals surface area contributed by atoms with Gasteiger partial charge in [-0.05, 0) is 43.6 Å². The van der Waals surface area contributed by atoms with Gasteiger partial charge in [0.25, 0.3) is 0 Å². The Kier molecular flexibility index (Phi) is 3.69. The molecule has 0 saturated heterocycles. The summed E-state index contributed by atoms with van der Waals surface area (Å²) in [6.07, 6.45) is 0.590. The maximum absolute atomic E-state index is 12.1. The van der Waals surface area contributed by atoms with Crippen LogP contribution in [0.4, 0.5) is 4.79 Å². The van der Waals surface area contributed by atoms with Crippen LogP contribution < -0.4 is 0 Å². The number of carbonyl (C=O) groups excluding carboxylic acids is 1. The number of hydrogen-bond donors (Lipinski definition) is 0. The number of carbonyl (C=O) groups is 1. The standard InChI is InChI=1S/C12H17BrN2O2S/c1-7-9-8(18-10(13)14-9)5-6-15(7)11(16)17-12(2,3)4/h7H,5-6H2,1-4H3. The van der Waals surface area contributed by atoms with Gasteiger partial charge in [-0.25, -0.2) is 9.78 Å². The van der Waals surface area contributed by atoms with Crippen molar-refractivity contribution < 1.29 is 9.53 Å². The first-order valence-corrected chi connectivity index (χ1v) is 7.53. The normalized spacial score (nSPS) is 19.6.